The number of carboxylic acids is 1. The van der Waals surface area contributed by atoms with Crippen LogP contribution in [0.2, 0.25) is 0 Å². The molecule has 4 saturated heterocycles. The molecule has 0 saturated carbocycles. The molecule has 0 amide bonds. The Morgan fingerprint density at radius 2 is 1.09 bits per heavy atom. The van der Waals surface area contributed by atoms with Crippen LogP contribution in [0.4, 0.5) is 0 Å². The second kappa shape index (κ2) is 17.1. The number of carbonyl (C=O) groups is 1. The summed E-state index contributed by atoms with van der Waals surface area (Å²) >= 11 is 0. The van der Waals surface area contributed by atoms with Crippen molar-refractivity contribution in [2.75, 3.05) is 26.9 Å². The van der Waals surface area contributed by atoms with Gasteiger partial charge in [0.1, 0.15) is 91.6 Å². The van der Waals surface area contributed by atoms with Gasteiger partial charge in [0.15, 0.2) is 25.2 Å². The number of carboxylic acid groups (broad SMARTS) is 1. The molecule has 0 radical (unpaired) electrons. The zero-order valence-electron chi connectivity index (χ0n) is 24.6. The Labute approximate surface area is 282 Å². The van der Waals surface area contributed by atoms with Crippen molar-refractivity contribution in [2.45, 2.75) is 117 Å². The van der Waals surface area contributed by atoms with Crippen LogP contribution in [0.5, 0.6) is 0 Å². The maximum Gasteiger partial charge on any atom is 1.00 e. The predicted octanol–water partition coefficient (Wildman–Crippen LogP) is -12.7. The summed E-state index contributed by atoms with van der Waals surface area (Å²) in [6, 6.07) is 0. The van der Waals surface area contributed by atoms with Gasteiger partial charge in [-0.3, -0.25) is 0 Å². The summed E-state index contributed by atoms with van der Waals surface area (Å²) in [7, 11) is 1.23. The molecule has 0 aromatic rings. The van der Waals surface area contributed by atoms with Crippen molar-refractivity contribution in [1.29, 1.82) is 0 Å². The number of methoxy groups -OCH3 is 1. The summed E-state index contributed by atoms with van der Waals surface area (Å²) in [5, 5.41) is 125. The molecule has 262 valence electrons. The molecule has 4 fully saturated rings. The molecule has 4 aliphatic rings. The first-order chi connectivity index (χ1) is 21.2. The Morgan fingerprint density at radius 3 is 1.54 bits per heavy atom. The van der Waals surface area contributed by atoms with Crippen LogP contribution in [-0.2, 0) is 42.7 Å². The minimum atomic E-state index is -2.20. The zero-order chi connectivity index (χ0) is 33.3. The van der Waals surface area contributed by atoms with Crippen LogP contribution < -0.4 is 34.7 Å². The van der Waals surface area contributed by atoms with Crippen LogP contribution >= 0.6 is 0 Å². The molecular formula is C24H39NaO21. The summed E-state index contributed by atoms with van der Waals surface area (Å²) in [5.41, 5.74) is 0. The van der Waals surface area contributed by atoms with E-state index >= 15 is 0 Å². The van der Waals surface area contributed by atoms with Gasteiger partial charge in [-0.05, 0) is 0 Å². The second-order valence-electron chi connectivity index (χ2n) is 10.9. The van der Waals surface area contributed by atoms with Gasteiger partial charge < -0.3 is 104 Å². The molecule has 0 unspecified atom stereocenters. The molecule has 0 spiro atoms. The normalized spacial score (nSPS) is 50.0. The fourth-order valence-corrected chi connectivity index (χ4v) is 5.38. The van der Waals surface area contributed by atoms with Crippen molar-refractivity contribution >= 4 is 5.97 Å². The Hall–Kier alpha value is -0.290. The van der Waals surface area contributed by atoms with E-state index in [1.54, 1.807) is 0 Å². The average molecular weight is 687 g/mol. The number of aliphatic carboxylic acids is 1. The van der Waals surface area contributed by atoms with Crippen LogP contribution in [0, 0.1) is 0 Å². The smallest absolute Gasteiger partial charge is 0.547 e. The number of aliphatic hydroxyl groups excluding tert-OH is 11. The fraction of sp³-hybridized carbons (Fsp3) is 0.958. The van der Waals surface area contributed by atoms with E-state index in [1.165, 1.54) is 7.11 Å². The third-order valence-electron chi connectivity index (χ3n) is 8.00. The molecule has 19 atom stereocenters. The summed E-state index contributed by atoms with van der Waals surface area (Å²) in [6.07, 6.45) is -34.7. The van der Waals surface area contributed by atoms with Gasteiger partial charge in [0, 0.05) is 7.11 Å². The third kappa shape index (κ3) is 8.18. The molecule has 4 heterocycles. The Kier molecular flexibility index (Phi) is 14.9. The Morgan fingerprint density at radius 1 is 0.630 bits per heavy atom. The van der Waals surface area contributed by atoms with E-state index in [1.807, 2.05) is 0 Å². The maximum atomic E-state index is 11.3. The van der Waals surface area contributed by atoms with Gasteiger partial charge in [-0.25, -0.2) is 0 Å². The summed E-state index contributed by atoms with van der Waals surface area (Å²) in [6.45, 7) is -2.13. The van der Waals surface area contributed by atoms with E-state index in [0.29, 0.717) is 0 Å². The van der Waals surface area contributed by atoms with E-state index in [-0.39, 0.29) is 36.2 Å². The summed E-state index contributed by atoms with van der Waals surface area (Å²) in [5.74, 6) is -1.98. The molecule has 46 heavy (non-hydrogen) atoms. The quantitative estimate of drug-likeness (QED) is 0.0950. The standard InChI is InChI=1S/C24H40O21.Na/c1-38-21-13(32)8(27)7(4-39-21)42-23-15(34)17(9(28)5(2-25)40-23)44-24-16(35)18(10(29)6(3-26)41-24)43-22-14(33)11(30)12(31)19(45-22)20(36)37;/h5-19,21-35H,2-4H2,1H3,(H,36,37);/q;+1/p-1/t5-,6-,7-,8+,9+,10+,11+,12+,13-,14-,15-,16-,17+,18+,19+,21-,22-,23+,24+;/m1./s1. The van der Waals surface area contributed by atoms with Crippen LogP contribution in [0.3, 0.4) is 0 Å². The van der Waals surface area contributed by atoms with Crippen LogP contribution in [-0.4, -0.2) is 206 Å². The second-order valence-corrected chi connectivity index (χ2v) is 10.9. The van der Waals surface area contributed by atoms with Crippen LogP contribution in [0.1, 0.15) is 0 Å². The molecular weight excluding hydrogens is 647 g/mol. The molecule has 0 aliphatic carbocycles. The zero-order valence-corrected chi connectivity index (χ0v) is 26.6. The number of ether oxygens (including phenoxy) is 8. The first-order valence-corrected chi connectivity index (χ1v) is 13.9. The van der Waals surface area contributed by atoms with Gasteiger partial charge in [-0.15, -0.1) is 0 Å². The molecule has 11 N–H and O–H groups in total. The predicted molar refractivity (Wildman–Crippen MR) is 131 cm³/mol. The molecule has 0 aromatic carbocycles. The van der Waals surface area contributed by atoms with Crippen molar-refractivity contribution in [3.8, 4) is 0 Å². The molecule has 21 nitrogen and oxygen atoms in total. The topological polar surface area (TPSA) is 336 Å². The van der Waals surface area contributed by atoms with Gasteiger partial charge in [-0.2, -0.15) is 0 Å². The minimum absolute atomic E-state index is 0. The van der Waals surface area contributed by atoms with Crippen LogP contribution in [0.25, 0.3) is 0 Å². The van der Waals surface area contributed by atoms with E-state index in [9.17, 15) is 66.1 Å². The van der Waals surface area contributed by atoms with E-state index < -0.39 is 136 Å². The van der Waals surface area contributed by atoms with Gasteiger partial charge in [0.2, 0.25) is 0 Å². The average Bonchev–Trinajstić information content (AvgIpc) is 3.01. The molecule has 4 rings (SSSR count). The number of hydrogen-bond acceptors (Lipinski definition) is 21. The van der Waals surface area contributed by atoms with Crippen molar-refractivity contribution in [2.24, 2.45) is 0 Å². The van der Waals surface area contributed by atoms with Crippen molar-refractivity contribution in [1.82, 2.24) is 0 Å². The van der Waals surface area contributed by atoms with Crippen molar-refractivity contribution < 1.29 is 134 Å². The Bertz CT molecular complexity index is 967. The van der Waals surface area contributed by atoms with E-state index in [0.717, 1.165) is 0 Å². The minimum Gasteiger partial charge on any atom is -0.547 e. The van der Waals surface area contributed by atoms with Crippen molar-refractivity contribution in [3.63, 3.8) is 0 Å². The van der Waals surface area contributed by atoms with Gasteiger partial charge in [0.25, 0.3) is 0 Å². The monoisotopic (exact) mass is 686 g/mol. The van der Waals surface area contributed by atoms with Gasteiger partial charge in [-0.1, -0.05) is 0 Å². The number of hydrogen-bond donors (Lipinski definition) is 11. The van der Waals surface area contributed by atoms with E-state index in [2.05, 4.69) is 0 Å². The van der Waals surface area contributed by atoms with E-state index in [4.69, 9.17) is 37.9 Å². The first-order valence-electron chi connectivity index (χ1n) is 13.9. The largest absolute Gasteiger partial charge is 1.00 e. The van der Waals surface area contributed by atoms with Gasteiger partial charge in [0.05, 0.1) is 25.8 Å². The first kappa shape index (κ1) is 40.1. The number of carbonyl (C=O) groups excluding carboxylic acids is 1. The molecule has 0 aromatic heterocycles. The van der Waals surface area contributed by atoms with Crippen LogP contribution in [0.15, 0.2) is 0 Å². The number of rotatable bonds is 10. The number of aliphatic hydroxyl groups is 11. The molecule has 0 bridgehead atoms. The fourth-order valence-electron chi connectivity index (χ4n) is 5.38. The molecule has 4 aliphatic heterocycles. The summed E-state index contributed by atoms with van der Waals surface area (Å²) in [4.78, 5) is 11.3. The SMILES string of the molecule is CO[C@@H]1OC[C@@H](O[C@@H]2O[C@H](CO)[C@H](O)[C@H](O[C@@H]3O[C@H](CO)[C@H](O)[C@H](O[C@@H]4O[C@H](C(=O)[O-])[C@@H](O)[C@H](O)[C@H]4O)[C@H]3O)[C@H]2O)[C@H](O)[C@H]1O.[Na+]. The Balaban J connectivity index is 0.00000576. The molecule has 22 heteroatoms. The van der Waals surface area contributed by atoms with Gasteiger partial charge >= 0.3 is 29.6 Å². The maximum absolute atomic E-state index is 11.3. The van der Waals surface area contributed by atoms with Crippen molar-refractivity contribution in [3.05, 3.63) is 0 Å². The third-order valence-corrected chi connectivity index (χ3v) is 8.00. The summed E-state index contributed by atoms with van der Waals surface area (Å²) < 4.78 is 42.5.